The third-order valence-electron chi connectivity index (χ3n) is 5.87. The minimum absolute atomic E-state index is 0.0310. The van der Waals surface area contributed by atoms with Crippen molar-refractivity contribution in [2.24, 2.45) is 0 Å². The molecule has 1 saturated carbocycles. The molecule has 2 aromatic carbocycles. The van der Waals surface area contributed by atoms with Gasteiger partial charge in [0.1, 0.15) is 0 Å². The van der Waals surface area contributed by atoms with Crippen molar-refractivity contribution < 1.29 is 9.59 Å². The van der Waals surface area contributed by atoms with Gasteiger partial charge >= 0.3 is 0 Å². The fourth-order valence-corrected chi connectivity index (χ4v) is 5.04. The van der Waals surface area contributed by atoms with E-state index in [9.17, 15) is 14.4 Å². The van der Waals surface area contributed by atoms with Gasteiger partial charge in [0.2, 0.25) is 5.91 Å². The first-order valence-electron chi connectivity index (χ1n) is 11.2. The van der Waals surface area contributed by atoms with E-state index in [1.807, 2.05) is 24.3 Å². The summed E-state index contributed by atoms with van der Waals surface area (Å²) in [5.74, 6) is -0.147. The van der Waals surface area contributed by atoms with E-state index in [1.54, 1.807) is 42.9 Å². The van der Waals surface area contributed by atoms with E-state index >= 15 is 0 Å². The van der Waals surface area contributed by atoms with Crippen LogP contribution in [-0.4, -0.2) is 46.1 Å². The van der Waals surface area contributed by atoms with Crippen molar-refractivity contribution in [2.45, 2.75) is 43.3 Å². The monoisotopic (exact) mass is 464 g/mol. The summed E-state index contributed by atoms with van der Waals surface area (Å²) in [6, 6.07) is 14.3. The molecule has 1 N–H and O–H groups in total. The summed E-state index contributed by atoms with van der Waals surface area (Å²) in [7, 11) is 3.39. The average molecular weight is 465 g/mol. The normalized spacial score (nSPS) is 14.2. The van der Waals surface area contributed by atoms with Crippen LogP contribution < -0.4 is 10.9 Å². The Bertz CT molecular complexity index is 1210. The Labute approximate surface area is 197 Å². The lowest BCUT2D eigenvalue weighted by Gasteiger charge is -2.26. The lowest BCUT2D eigenvalue weighted by molar-refractivity contribution is -0.113. The smallest absolute Gasteiger partial charge is 0.262 e. The number of hydrogen-bond donors (Lipinski definition) is 1. The van der Waals surface area contributed by atoms with Crippen molar-refractivity contribution in [1.82, 2.24) is 14.5 Å². The highest BCUT2D eigenvalue weighted by molar-refractivity contribution is 7.99. The van der Waals surface area contributed by atoms with Crippen LogP contribution in [-0.2, 0) is 4.79 Å². The SMILES string of the molecule is CN(C)C(=O)c1ccc(NC(=O)CSc2nc3ccccc3c(=O)n2C2CCCCC2)cc1. The molecule has 1 aliphatic rings. The van der Waals surface area contributed by atoms with E-state index in [1.165, 1.54) is 23.1 Å². The molecule has 2 amide bonds. The summed E-state index contributed by atoms with van der Waals surface area (Å²) < 4.78 is 1.81. The van der Waals surface area contributed by atoms with E-state index in [2.05, 4.69) is 5.32 Å². The second-order valence-corrected chi connectivity index (χ2v) is 9.43. The first-order valence-corrected chi connectivity index (χ1v) is 12.2. The molecule has 0 unspecified atom stereocenters. The number of rotatable bonds is 6. The summed E-state index contributed by atoms with van der Waals surface area (Å²) in [6.07, 6.45) is 5.30. The molecule has 172 valence electrons. The molecule has 0 radical (unpaired) electrons. The Hall–Kier alpha value is -3.13. The van der Waals surface area contributed by atoms with Gasteiger partial charge in [-0.1, -0.05) is 43.2 Å². The summed E-state index contributed by atoms with van der Waals surface area (Å²) in [5.41, 5.74) is 1.80. The molecular formula is C25H28N4O3S. The van der Waals surface area contributed by atoms with Crippen molar-refractivity contribution in [2.75, 3.05) is 25.2 Å². The minimum atomic E-state index is -0.190. The van der Waals surface area contributed by atoms with Gasteiger partial charge in [0.15, 0.2) is 5.16 Å². The summed E-state index contributed by atoms with van der Waals surface area (Å²) in [4.78, 5) is 44.2. The van der Waals surface area contributed by atoms with Crippen LogP contribution in [0.4, 0.5) is 5.69 Å². The fourth-order valence-electron chi connectivity index (χ4n) is 4.17. The van der Waals surface area contributed by atoms with Gasteiger partial charge in [-0.3, -0.25) is 19.0 Å². The third kappa shape index (κ3) is 5.27. The van der Waals surface area contributed by atoms with E-state index < -0.39 is 0 Å². The van der Waals surface area contributed by atoms with Crippen LogP contribution in [0.15, 0.2) is 58.5 Å². The van der Waals surface area contributed by atoms with Gasteiger partial charge in [-0.25, -0.2) is 4.98 Å². The minimum Gasteiger partial charge on any atom is -0.345 e. The first-order chi connectivity index (χ1) is 15.9. The number of nitrogens with one attached hydrogen (secondary N) is 1. The Balaban J connectivity index is 1.51. The topological polar surface area (TPSA) is 84.3 Å². The van der Waals surface area contributed by atoms with E-state index in [0.717, 1.165) is 25.7 Å². The van der Waals surface area contributed by atoms with Crippen LogP contribution in [0.1, 0.15) is 48.5 Å². The van der Waals surface area contributed by atoms with Crippen LogP contribution in [0.2, 0.25) is 0 Å². The van der Waals surface area contributed by atoms with Gasteiger partial charge in [0.25, 0.3) is 11.5 Å². The van der Waals surface area contributed by atoms with Crippen LogP contribution in [0.3, 0.4) is 0 Å². The number of anilines is 1. The number of thioether (sulfide) groups is 1. The largest absolute Gasteiger partial charge is 0.345 e. The predicted octanol–water partition coefficient (Wildman–Crippen LogP) is 4.33. The highest BCUT2D eigenvalue weighted by Crippen LogP contribution is 2.31. The molecule has 4 rings (SSSR count). The fraction of sp³-hybridized carbons (Fsp3) is 0.360. The summed E-state index contributed by atoms with van der Waals surface area (Å²) in [5, 5.41) is 4.06. The number of aromatic nitrogens is 2. The molecule has 8 heteroatoms. The standard InChI is InChI=1S/C25H28N4O3S/c1-28(2)23(31)17-12-14-18(15-13-17)26-22(30)16-33-25-27-21-11-7-6-10-20(21)24(32)29(25)19-8-4-3-5-9-19/h6-7,10-15,19H,3-5,8-9,16H2,1-2H3,(H,26,30). The Morgan fingerprint density at radius 2 is 1.76 bits per heavy atom. The van der Waals surface area contributed by atoms with Gasteiger partial charge in [-0.15, -0.1) is 0 Å². The molecule has 0 spiro atoms. The molecule has 0 aliphatic heterocycles. The second kappa shape index (κ2) is 10.2. The van der Waals surface area contributed by atoms with Crippen molar-refractivity contribution >= 4 is 40.2 Å². The third-order valence-corrected chi connectivity index (χ3v) is 6.82. The zero-order valence-corrected chi connectivity index (χ0v) is 19.7. The van der Waals surface area contributed by atoms with Crippen molar-refractivity contribution in [3.05, 3.63) is 64.4 Å². The van der Waals surface area contributed by atoms with Gasteiger partial charge < -0.3 is 10.2 Å². The zero-order valence-electron chi connectivity index (χ0n) is 18.9. The number of nitrogens with zero attached hydrogens (tertiary/aromatic N) is 3. The maximum absolute atomic E-state index is 13.3. The van der Waals surface area contributed by atoms with Gasteiger partial charge in [0.05, 0.1) is 16.7 Å². The van der Waals surface area contributed by atoms with Crippen molar-refractivity contribution in [3.8, 4) is 0 Å². The maximum atomic E-state index is 13.3. The zero-order chi connectivity index (χ0) is 23.4. The molecule has 0 saturated heterocycles. The molecule has 1 aliphatic carbocycles. The van der Waals surface area contributed by atoms with Gasteiger partial charge in [-0.05, 0) is 49.2 Å². The molecule has 1 fully saturated rings. The Morgan fingerprint density at radius 3 is 2.45 bits per heavy atom. The summed E-state index contributed by atoms with van der Waals surface area (Å²) in [6.45, 7) is 0. The number of carbonyl (C=O) groups excluding carboxylic acids is 2. The molecule has 33 heavy (non-hydrogen) atoms. The molecule has 1 heterocycles. The van der Waals surface area contributed by atoms with Gasteiger partial charge in [-0.2, -0.15) is 0 Å². The van der Waals surface area contributed by atoms with Crippen LogP contribution in [0.25, 0.3) is 10.9 Å². The molecule has 0 atom stereocenters. The quantitative estimate of drug-likeness (QED) is 0.433. The number of para-hydroxylation sites is 1. The highest BCUT2D eigenvalue weighted by atomic mass is 32.2. The molecule has 7 nitrogen and oxygen atoms in total. The van der Waals surface area contributed by atoms with Crippen LogP contribution in [0, 0.1) is 0 Å². The number of benzene rings is 2. The molecular weight excluding hydrogens is 436 g/mol. The van der Waals surface area contributed by atoms with Gasteiger partial charge in [0, 0.05) is 31.4 Å². The van der Waals surface area contributed by atoms with E-state index in [0.29, 0.717) is 27.3 Å². The molecule has 3 aromatic rings. The second-order valence-electron chi connectivity index (χ2n) is 8.49. The number of amides is 2. The van der Waals surface area contributed by atoms with Crippen molar-refractivity contribution in [1.29, 1.82) is 0 Å². The average Bonchev–Trinajstić information content (AvgIpc) is 2.83. The number of carbonyl (C=O) groups is 2. The maximum Gasteiger partial charge on any atom is 0.262 e. The summed E-state index contributed by atoms with van der Waals surface area (Å²) >= 11 is 1.29. The van der Waals surface area contributed by atoms with E-state index in [4.69, 9.17) is 4.98 Å². The van der Waals surface area contributed by atoms with E-state index in [-0.39, 0.29) is 29.2 Å². The Kier molecular flexibility index (Phi) is 7.13. The highest BCUT2D eigenvalue weighted by Gasteiger charge is 2.22. The molecule has 1 aromatic heterocycles. The predicted molar refractivity (Wildman–Crippen MR) is 132 cm³/mol. The first kappa shape index (κ1) is 23.0. The van der Waals surface area contributed by atoms with Crippen LogP contribution in [0.5, 0.6) is 0 Å². The lowest BCUT2D eigenvalue weighted by atomic mass is 9.95. The molecule has 0 bridgehead atoms. The number of fused-ring (bicyclic) bond motifs is 1. The van der Waals surface area contributed by atoms with Crippen molar-refractivity contribution in [3.63, 3.8) is 0 Å². The number of hydrogen-bond acceptors (Lipinski definition) is 5. The lowest BCUT2D eigenvalue weighted by Crippen LogP contribution is -2.29. The van der Waals surface area contributed by atoms with Crippen LogP contribution >= 0.6 is 11.8 Å². The Morgan fingerprint density at radius 1 is 1.06 bits per heavy atom.